The number of rotatable bonds is 4. The smallest absolute Gasteiger partial charge is 0.181 e. The van der Waals surface area contributed by atoms with E-state index in [1.165, 1.54) is 25.7 Å². The van der Waals surface area contributed by atoms with Crippen LogP contribution in [0.5, 0.6) is 0 Å². The maximum Gasteiger partial charge on any atom is 0.181 e. The first-order valence-corrected chi connectivity index (χ1v) is 10.6. The van der Waals surface area contributed by atoms with Crippen molar-refractivity contribution in [3.05, 3.63) is 30.3 Å². The van der Waals surface area contributed by atoms with Crippen LogP contribution in [0.15, 0.2) is 35.2 Å². The molecule has 0 bridgehead atoms. The molecule has 2 aliphatic rings. The summed E-state index contributed by atoms with van der Waals surface area (Å²) in [6, 6.07) is 10.5. The minimum absolute atomic E-state index is 0.221. The Morgan fingerprint density at radius 1 is 1.13 bits per heavy atom. The van der Waals surface area contributed by atoms with Gasteiger partial charge >= 0.3 is 0 Å². The fourth-order valence-corrected chi connectivity index (χ4v) is 6.66. The molecule has 2 saturated heterocycles. The largest absolute Gasteiger partial charge is 0.295 e. The van der Waals surface area contributed by atoms with Gasteiger partial charge in [-0.15, -0.1) is 0 Å². The lowest BCUT2D eigenvalue weighted by molar-refractivity contribution is 0.00897. The summed E-state index contributed by atoms with van der Waals surface area (Å²) in [5, 5.41) is -0.221. The van der Waals surface area contributed by atoms with Crippen LogP contribution in [0.1, 0.15) is 58.8 Å². The van der Waals surface area contributed by atoms with Gasteiger partial charge in [-0.3, -0.25) is 4.90 Å². The van der Waals surface area contributed by atoms with Crippen LogP contribution in [-0.2, 0) is 9.84 Å². The van der Waals surface area contributed by atoms with Crippen LogP contribution in [0.25, 0.3) is 0 Å². The van der Waals surface area contributed by atoms with Crippen molar-refractivity contribution in [2.24, 2.45) is 0 Å². The first kappa shape index (κ1) is 17.0. The molecule has 0 saturated carbocycles. The molecule has 4 atom stereocenters. The Balaban J connectivity index is 1.81. The number of hydrogen-bond acceptors (Lipinski definition) is 3. The summed E-state index contributed by atoms with van der Waals surface area (Å²) < 4.78 is 26.0. The van der Waals surface area contributed by atoms with Crippen molar-refractivity contribution in [3.63, 3.8) is 0 Å². The van der Waals surface area contributed by atoms with Gasteiger partial charge in [0.1, 0.15) is 0 Å². The van der Waals surface area contributed by atoms with E-state index in [2.05, 4.69) is 18.7 Å². The zero-order valence-corrected chi connectivity index (χ0v) is 15.1. The standard InChI is InChI=1S/C19H29NO2S/c1-3-8-16-9-7-10-17-14-19(13-15(2)20(16)17)23(21,22)18-11-5-4-6-12-18/h4-6,11-12,15-17,19H,3,7-10,13-14H2,1-2H3/t15-,16+,17+,19+/m0/s1. The van der Waals surface area contributed by atoms with Gasteiger partial charge in [-0.1, -0.05) is 38.0 Å². The summed E-state index contributed by atoms with van der Waals surface area (Å²) in [6.45, 7) is 4.48. The third-order valence-electron chi connectivity index (χ3n) is 5.70. The molecule has 23 heavy (non-hydrogen) atoms. The van der Waals surface area contributed by atoms with Gasteiger partial charge in [-0.05, 0) is 51.2 Å². The number of fused-ring (bicyclic) bond motifs is 1. The van der Waals surface area contributed by atoms with Crippen LogP contribution >= 0.6 is 0 Å². The van der Waals surface area contributed by atoms with E-state index >= 15 is 0 Å². The summed E-state index contributed by atoms with van der Waals surface area (Å²) in [5.41, 5.74) is 0. The molecule has 1 aromatic rings. The number of hydrogen-bond donors (Lipinski definition) is 0. The highest BCUT2D eigenvalue weighted by atomic mass is 32.2. The molecule has 4 heteroatoms. The SMILES string of the molecule is CCC[C@@H]1CCC[C@@H]2C[C@H](S(=O)(=O)c3ccccc3)C[C@H](C)N12. The summed E-state index contributed by atoms with van der Waals surface area (Å²) in [5.74, 6) is 0. The fraction of sp³-hybridized carbons (Fsp3) is 0.684. The van der Waals surface area contributed by atoms with Gasteiger partial charge in [0.2, 0.25) is 0 Å². The fourth-order valence-electron chi connectivity index (χ4n) is 4.73. The topological polar surface area (TPSA) is 37.4 Å². The van der Waals surface area contributed by atoms with Gasteiger partial charge in [-0.2, -0.15) is 0 Å². The lowest BCUT2D eigenvalue weighted by atomic mass is 9.84. The molecule has 0 spiro atoms. The second kappa shape index (κ2) is 6.94. The summed E-state index contributed by atoms with van der Waals surface area (Å²) in [6.07, 6.45) is 7.73. The molecule has 0 N–H and O–H groups in total. The van der Waals surface area contributed by atoms with Gasteiger partial charge in [-0.25, -0.2) is 8.42 Å². The van der Waals surface area contributed by atoms with Crippen molar-refractivity contribution in [2.75, 3.05) is 0 Å². The second-order valence-corrected chi connectivity index (χ2v) is 9.50. The van der Waals surface area contributed by atoms with E-state index in [1.54, 1.807) is 12.1 Å². The lowest BCUT2D eigenvalue weighted by Crippen LogP contribution is -2.57. The average Bonchev–Trinajstić information content (AvgIpc) is 2.56. The molecule has 2 fully saturated rings. The Morgan fingerprint density at radius 3 is 2.57 bits per heavy atom. The molecule has 1 aromatic carbocycles. The third-order valence-corrected chi connectivity index (χ3v) is 7.89. The van der Waals surface area contributed by atoms with Gasteiger partial charge in [0.25, 0.3) is 0 Å². The normalized spacial score (nSPS) is 32.4. The van der Waals surface area contributed by atoms with Crippen LogP contribution in [0, 0.1) is 0 Å². The van der Waals surface area contributed by atoms with Crippen molar-refractivity contribution in [1.82, 2.24) is 4.90 Å². The molecule has 0 unspecified atom stereocenters. The number of nitrogens with zero attached hydrogens (tertiary/aromatic N) is 1. The molecule has 2 heterocycles. The van der Waals surface area contributed by atoms with Crippen molar-refractivity contribution in [1.29, 1.82) is 0 Å². The van der Waals surface area contributed by atoms with E-state index in [-0.39, 0.29) is 5.25 Å². The molecule has 0 aliphatic carbocycles. The van der Waals surface area contributed by atoms with Crippen LogP contribution in [0.2, 0.25) is 0 Å². The maximum atomic E-state index is 13.0. The lowest BCUT2D eigenvalue weighted by Gasteiger charge is -2.51. The molecule has 0 radical (unpaired) electrons. The Kier molecular flexibility index (Phi) is 5.12. The summed E-state index contributed by atoms with van der Waals surface area (Å²) in [4.78, 5) is 3.15. The highest BCUT2D eigenvalue weighted by Crippen LogP contribution is 2.38. The van der Waals surface area contributed by atoms with Gasteiger partial charge in [0.15, 0.2) is 9.84 Å². The highest BCUT2D eigenvalue weighted by molar-refractivity contribution is 7.92. The van der Waals surface area contributed by atoms with E-state index in [1.807, 2.05) is 18.2 Å². The first-order valence-electron chi connectivity index (χ1n) is 9.10. The van der Waals surface area contributed by atoms with Gasteiger partial charge < -0.3 is 0 Å². The van der Waals surface area contributed by atoms with E-state index in [0.29, 0.717) is 23.0 Å². The second-order valence-electron chi connectivity index (χ2n) is 7.27. The van der Waals surface area contributed by atoms with Crippen molar-refractivity contribution in [2.45, 2.75) is 87.1 Å². The maximum absolute atomic E-state index is 13.0. The monoisotopic (exact) mass is 335 g/mol. The molecule has 3 nitrogen and oxygen atoms in total. The van der Waals surface area contributed by atoms with Crippen LogP contribution in [-0.4, -0.2) is 36.7 Å². The molecule has 0 amide bonds. The predicted octanol–water partition coefficient (Wildman–Crippen LogP) is 4.03. The van der Waals surface area contributed by atoms with Crippen molar-refractivity contribution >= 4 is 9.84 Å². The third kappa shape index (κ3) is 3.34. The Bertz CT molecular complexity index is 612. The molecule has 128 valence electrons. The van der Waals surface area contributed by atoms with Gasteiger partial charge in [0.05, 0.1) is 10.1 Å². The first-order chi connectivity index (χ1) is 11.0. The minimum Gasteiger partial charge on any atom is -0.295 e. The summed E-state index contributed by atoms with van der Waals surface area (Å²) in [7, 11) is -3.20. The number of benzene rings is 1. The Labute approximate surface area is 141 Å². The Morgan fingerprint density at radius 2 is 1.87 bits per heavy atom. The zero-order valence-electron chi connectivity index (χ0n) is 14.3. The van der Waals surface area contributed by atoms with E-state index in [0.717, 1.165) is 19.3 Å². The van der Waals surface area contributed by atoms with Crippen LogP contribution in [0.4, 0.5) is 0 Å². The Hall–Kier alpha value is -0.870. The molecule has 0 aromatic heterocycles. The predicted molar refractivity (Wildman–Crippen MR) is 94.3 cm³/mol. The van der Waals surface area contributed by atoms with Crippen molar-refractivity contribution in [3.8, 4) is 0 Å². The minimum atomic E-state index is -3.20. The van der Waals surface area contributed by atoms with Gasteiger partial charge in [0, 0.05) is 18.1 Å². The van der Waals surface area contributed by atoms with E-state index in [9.17, 15) is 8.42 Å². The average molecular weight is 336 g/mol. The zero-order chi connectivity index (χ0) is 16.4. The molecular weight excluding hydrogens is 306 g/mol. The van der Waals surface area contributed by atoms with E-state index < -0.39 is 9.84 Å². The molecule has 3 rings (SSSR count). The van der Waals surface area contributed by atoms with E-state index in [4.69, 9.17) is 0 Å². The highest BCUT2D eigenvalue weighted by Gasteiger charge is 2.43. The quantitative estimate of drug-likeness (QED) is 0.833. The molecule has 2 aliphatic heterocycles. The van der Waals surface area contributed by atoms with Crippen LogP contribution in [0.3, 0.4) is 0 Å². The number of piperidine rings is 2. The van der Waals surface area contributed by atoms with Crippen molar-refractivity contribution < 1.29 is 8.42 Å². The molecular formula is C19H29NO2S. The number of sulfone groups is 1. The van der Waals surface area contributed by atoms with Crippen LogP contribution < -0.4 is 0 Å². The summed E-state index contributed by atoms with van der Waals surface area (Å²) >= 11 is 0.